The van der Waals surface area contributed by atoms with Crippen molar-refractivity contribution < 1.29 is 9.53 Å². The fourth-order valence-electron chi connectivity index (χ4n) is 3.75. The van der Waals surface area contributed by atoms with E-state index in [1.165, 1.54) is 0 Å². The highest BCUT2D eigenvalue weighted by Crippen LogP contribution is 2.43. The van der Waals surface area contributed by atoms with E-state index in [2.05, 4.69) is 29.6 Å². The van der Waals surface area contributed by atoms with Crippen molar-refractivity contribution in [2.24, 2.45) is 5.41 Å². The van der Waals surface area contributed by atoms with Crippen LogP contribution in [-0.4, -0.2) is 48.0 Å². The molecular weight excluding hydrogens is 316 g/mol. The highest BCUT2D eigenvalue weighted by Gasteiger charge is 2.51. The Bertz CT molecular complexity index is 526. The Kier molecular flexibility index (Phi) is 5.38. The number of nitrogens with zero attached hydrogens (tertiary/aromatic N) is 2. The molecule has 2 fully saturated rings. The zero-order chi connectivity index (χ0) is 15.8. The molecule has 1 saturated heterocycles. The van der Waals surface area contributed by atoms with E-state index in [1.54, 1.807) is 13.3 Å². The van der Waals surface area contributed by atoms with Gasteiger partial charge in [0, 0.05) is 31.0 Å². The summed E-state index contributed by atoms with van der Waals surface area (Å²) in [6, 6.07) is 2.04. The average Bonchev–Trinajstić information content (AvgIpc) is 3.06. The number of hydrogen-bond donors (Lipinski definition) is 2. The van der Waals surface area contributed by atoms with Crippen LogP contribution in [0.25, 0.3) is 0 Å². The summed E-state index contributed by atoms with van der Waals surface area (Å²) < 4.78 is 7.31. The van der Waals surface area contributed by atoms with Gasteiger partial charge in [0.15, 0.2) is 0 Å². The Hall–Kier alpha value is -1.11. The van der Waals surface area contributed by atoms with E-state index in [9.17, 15) is 4.79 Å². The smallest absolute Gasteiger partial charge is 0.248 e. The lowest BCUT2D eigenvalue weighted by atomic mass is 9.64. The summed E-state index contributed by atoms with van der Waals surface area (Å²) >= 11 is 0. The Labute approximate surface area is 143 Å². The maximum absolute atomic E-state index is 13.1. The van der Waals surface area contributed by atoms with E-state index >= 15 is 0 Å². The summed E-state index contributed by atoms with van der Waals surface area (Å²) in [4.78, 5) is 13.1. The SMILES string of the molecule is COC1CC(NC(=O)C2(n3cccn3)CCNCC2)C1(C)C.Cl. The van der Waals surface area contributed by atoms with Crippen LogP contribution in [0.5, 0.6) is 0 Å². The van der Waals surface area contributed by atoms with Gasteiger partial charge >= 0.3 is 0 Å². The van der Waals surface area contributed by atoms with E-state index in [1.807, 2.05) is 16.9 Å². The highest BCUT2D eigenvalue weighted by molar-refractivity contribution is 5.85. The lowest BCUT2D eigenvalue weighted by Gasteiger charge is -2.52. The minimum absolute atomic E-state index is 0. The third-order valence-electron chi connectivity index (χ3n) is 5.56. The van der Waals surface area contributed by atoms with Crippen LogP contribution in [-0.2, 0) is 15.1 Å². The number of carbonyl (C=O) groups excluding carboxylic acids is 1. The molecule has 1 aromatic heterocycles. The largest absolute Gasteiger partial charge is 0.381 e. The standard InChI is InChI=1S/C16H26N4O2.ClH/c1-15(2)12(11-13(15)22-3)19-14(21)16(5-8-17-9-6-16)20-10-4-7-18-20;/h4,7,10,12-13,17H,5-6,8-9,11H2,1-3H3,(H,19,21);1H. The van der Waals surface area contributed by atoms with Gasteiger partial charge in [-0.25, -0.2) is 0 Å². The van der Waals surface area contributed by atoms with Crippen LogP contribution in [0.2, 0.25) is 0 Å². The molecule has 0 bridgehead atoms. The van der Waals surface area contributed by atoms with Crippen LogP contribution in [0.15, 0.2) is 18.5 Å². The molecular formula is C16H27ClN4O2. The van der Waals surface area contributed by atoms with Gasteiger partial charge in [0.2, 0.25) is 5.91 Å². The van der Waals surface area contributed by atoms with Crippen LogP contribution < -0.4 is 10.6 Å². The van der Waals surface area contributed by atoms with E-state index < -0.39 is 5.54 Å². The first-order valence-corrected chi connectivity index (χ1v) is 8.05. The lowest BCUT2D eigenvalue weighted by molar-refractivity contribution is -0.142. The molecule has 1 aromatic rings. The average molecular weight is 343 g/mol. The predicted molar refractivity (Wildman–Crippen MR) is 90.7 cm³/mol. The van der Waals surface area contributed by atoms with Gasteiger partial charge in [-0.05, 0) is 38.4 Å². The second kappa shape index (κ2) is 6.79. The molecule has 0 aromatic carbocycles. The van der Waals surface area contributed by atoms with Crippen LogP contribution in [0.4, 0.5) is 0 Å². The summed E-state index contributed by atoms with van der Waals surface area (Å²) in [6.45, 7) is 5.97. The maximum atomic E-state index is 13.1. The highest BCUT2D eigenvalue weighted by atomic mass is 35.5. The lowest BCUT2D eigenvalue weighted by Crippen LogP contribution is -2.65. The number of halogens is 1. The Balaban J connectivity index is 0.00000192. The van der Waals surface area contributed by atoms with E-state index in [0.717, 1.165) is 32.4 Å². The number of hydrogen-bond acceptors (Lipinski definition) is 4. The molecule has 2 atom stereocenters. The Morgan fingerprint density at radius 2 is 2.09 bits per heavy atom. The van der Waals surface area contributed by atoms with Gasteiger partial charge in [0.25, 0.3) is 0 Å². The van der Waals surface area contributed by atoms with Crippen molar-refractivity contribution in [2.75, 3.05) is 20.2 Å². The van der Waals surface area contributed by atoms with Gasteiger partial charge in [-0.15, -0.1) is 12.4 Å². The van der Waals surface area contributed by atoms with Crippen molar-refractivity contribution >= 4 is 18.3 Å². The number of ether oxygens (including phenoxy) is 1. The number of carbonyl (C=O) groups is 1. The fourth-order valence-corrected chi connectivity index (χ4v) is 3.75. The van der Waals surface area contributed by atoms with Crippen LogP contribution in [0.3, 0.4) is 0 Å². The first kappa shape index (κ1) is 18.2. The number of methoxy groups -OCH3 is 1. The first-order valence-electron chi connectivity index (χ1n) is 8.05. The second-order valence-corrected chi connectivity index (χ2v) is 7.04. The Morgan fingerprint density at radius 3 is 2.61 bits per heavy atom. The van der Waals surface area contributed by atoms with Crippen molar-refractivity contribution in [1.29, 1.82) is 0 Å². The van der Waals surface area contributed by atoms with Gasteiger partial charge in [-0.3, -0.25) is 9.48 Å². The molecule has 1 saturated carbocycles. The molecule has 1 aliphatic heterocycles. The molecule has 2 heterocycles. The zero-order valence-electron chi connectivity index (χ0n) is 14.0. The fraction of sp³-hybridized carbons (Fsp3) is 0.750. The molecule has 3 rings (SSSR count). The summed E-state index contributed by atoms with van der Waals surface area (Å²) in [6.07, 6.45) is 6.26. The molecule has 6 nitrogen and oxygen atoms in total. The first-order chi connectivity index (χ1) is 10.5. The topological polar surface area (TPSA) is 68.2 Å². The predicted octanol–water partition coefficient (Wildman–Crippen LogP) is 1.31. The van der Waals surface area contributed by atoms with Crippen molar-refractivity contribution in [1.82, 2.24) is 20.4 Å². The van der Waals surface area contributed by atoms with Gasteiger partial charge in [-0.2, -0.15) is 5.10 Å². The Morgan fingerprint density at radius 1 is 1.39 bits per heavy atom. The van der Waals surface area contributed by atoms with Gasteiger partial charge in [0.1, 0.15) is 5.54 Å². The van der Waals surface area contributed by atoms with Crippen LogP contribution in [0, 0.1) is 5.41 Å². The number of aromatic nitrogens is 2. The minimum Gasteiger partial charge on any atom is -0.381 e. The van der Waals surface area contributed by atoms with E-state index in [-0.39, 0.29) is 35.9 Å². The molecule has 2 aliphatic rings. The van der Waals surface area contributed by atoms with Crippen molar-refractivity contribution in [3.63, 3.8) is 0 Å². The van der Waals surface area contributed by atoms with Gasteiger partial charge in [-0.1, -0.05) is 13.8 Å². The third-order valence-corrected chi connectivity index (χ3v) is 5.56. The summed E-state index contributed by atoms with van der Waals surface area (Å²) in [7, 11) is 1.74. The summed E-state index contributed by atoms with van der Waals surface area (Å²) in [5.74, 6) is 0.0883. The molecule has 0 spiro atoms. The molecule has 2 N–H and O–H groups in total. The molecule has 1 aliphatic carbocycles. The molecule has 7 heteroatoms. The summed E-state index contributed by atoms with van der Waals surface area (Å²) in [5, 5.41) is 10.9. The molecule has 23 heavy (non-hydrogen) atoms. The molecule has 1 amide bonds. The zero-order valence-corrected chi connectivity index (χ0v) is 14.9. The number of piperidine rings is 1. The third kappa shape index (κ3) is 2.99. The van der Waals surface area contributed by atoms with E-state index in [4.69, 9.17) is 4.74 Å². The normalized spacial score (nSPS) is 28.3. The quantitative estimate of drug-likeness (QED) is 0.865. The minimum atomic E-state index is -0.566. The van der Waals surface area contributed by atoms with Crippen LogP contribution in [0.1, 0.15) is 33.1 Å². The van der Waals surface area contributed by atoms with Crippen LogP contribution >= 0.6 is 12.4 Å². The number of amides is 1. The monoisotopic (exact) mass is 342 g/mol. The molecule has 2 unspecified atom stereocenters. The van der Waals surface area contributed by atoms with Crippen molar-refractivity contribution in [2.45, 2.75) is 50.8 Å². The summed E-state index contributed by atoms with van der Waals surface area (Å²) in [5.41, 5.74) is -0.592. The second-order valence-electron chi connectivity index (χ2n) is 7.04. The van der Waals surface area contributed by atoms with E-state index in [0.29, 0.717) is 0 Å². The number of nitrogens with one attached hydrogen (secondary N) is 2. The van der Waals surface area contributed by atoms with Gasteiger partial charge in [0.05, 0.1) is 6.10 Å². The van der Waals surface area contributed by atoms with Crippen molar-refractivity contribution in [3.05, 3.63) is 18.5 Å². The van der Waals surface area contributed by atoms with Gasteiger partial charge < -0.3 is 15.4 Å². The maximum Gasteiger partial charge on any atom is 0.248 e. The molecule has 130 valence electrons. The van der Waals surface area contributed by atoms with Crippen molar-refractivity contribution in [3.8, 4) is 0 Å². The molecule has 0 radical (unpaired) electrons. The number of rotatable bonds is 4.